The Bertz CT molecular complexity index is 1440. The number of anilines is 1. The van der Waals surface area contributed by atoms with Gasteiger partial charge in [0.05, 0.1) is 17.1 Å². The van der Waals surface area contributed by atoms with E-state index in [-0.39, 0.29) is 6.54 Å². The Morgan fingerprint density at radius 1 is 0.794 bits per heavy atom. The first-order valence-corrected chi connectivity index (χ1v) is 13.6. The summed E-state index contributed by atoms with van der Waals surface area (Å²) in [4.78, 5) is 1.35. The summed E-state index contributed by atoms with van der Waals surface area (Å²) in [6.45, 7) is 2.21. The molecule has 0 amide bonds. The molecule has 0 radical (unpaired) electrons. The van der Waals surface area contributed by atoms with Crippen molar-refractivity contribution in [1.29, 1.82) is 0 Å². The van der Waals surface area contributed by atoms with Gasteiger partial charge in [0.25, 0.3) is 10.0 Å². The summed E-state index contributed by atoms with van der Waals surface area (Å²) in [6, 6.07) is 31.2. The van der Waals surface area contributed by atoms with Gasteiger partial charge in [0.2, 0.25) is 0 Å². The highest BCUT2D eigenvalue weighted by Gasteiger charge is 2.27. The minimum absolute atomic E-state index is 0.257. The molecule has 0 N–H and O–H groups in total. The molecule has 1 aliphatic heterocycles. The summed E-state index contributed by atoms with van der Waals surface area (Å²) in [6.07, 6.45) is 4.21. The van der Waals surface area contributed by atoms with E-state index in [0.29, 0.717) is 10.6 Å². The summed E-state index contributed by atoms with van der Waals surface area (Å²) in [5.41, 5.74) is 6.06. The Labute approximate surface area is 205 Å². The van der Waals surface area contributed by atoms with Gasteiger partial charge in [-0.05, 0) is 59.5 Å². The van der Waals surface area contributed by atoms with E-state index in [1.165, 1.54) is 9.87 Å². The molecule has 4 bridgehead atoms. The second kappa shape index (κ2) is 9.53. The minimum Gasteiger partial charge on any atom is -0.262 e. The Kier molecular flexibility index (Phi) is 6.31. The van der Waals surface area contributed by atoms with E-state index >= 15 is 0 Å². The number of fused-ring (bicyclic) bond motifs is 4. The van der Waals surface area contributed by atoms with Gasteiger partial charge >= 0.3 is 0 Å². The molecular weight excluding hydrogens is 458 g/mol. The number of hydrogen-bond acceptors (Lipinski definition) is 3. The van der Waals surface area contributed by atoms with Crippen LogP contribution in [0.1, 0.15) is 27.8 Å². The maximum atomic E-state index is 13.9. The average Bonchev–Trinajstić information content (AvgIpc) is 2.85. The number of nitrogens with zero attached hydrogens (tertiary/aromatic N) is 1. The highest BCUT2D eigenvalue weighted by Crippen LogP contribution is 2.35. The van der Waals surface area contributed by atoms with Crippen LogP contribution in [0.5, 0.6) is 0 Å². The zero-order valence-electron chi connectivity index (χ0n) is 18.9. The van der Waals surface area contributed by atoms with E-state index < -0.39 is 10.0 Å². The predicted molar refractivity (Wildman–Crippen MR) is 142 cm³/mol. The molecule has 1 heterocycles. The maximum Gasteiger partial charge on any atom is 0.264 e. The fourth-order valence-electron chi connectivity index (χ4n) is 4.08. The lowest BCUT2D eigenvalue weighted by atomic mass is 10.00. The second-order valence-corrected chi connectivity index (χ2v) is 11.3. The molecule has 0 aromatic heterocycles. The van der Waals surface area contributed by atoms with E-state index in [0.717, 1.165) is 32.9 Å². The van der Waals surface area contributed by atoms with Crippen molar-refractivity contribution in [2.45, 2.75) is 29.0 Å². The summed E-state index contributed by atoms with van der Waals surface area (Å²) in [7, 11) is -3.76. The van der Waals surface area contributed by atoms with Crippen LogP contribution in [0.3, 0.4) is 0 Å². The number of benzene rings is 4. The molecule has 170 valence electrons. The van der Waals surface area contributed by atoms with Crippen molar-refractivity contribution in [1.82, 2.24) is 0 Å². The van der Waals surface area contributed by atoms with Gasteiger partial charge in [-0.1, -0.05) is 84.4 Å². The van der Waals surface area contributed by atoms with Gasteiger partial charge in [-0.2, -0.15) is 0 Å². The summed E-state index contributed by atoms with van der Waals surface area (Å²) in [5.74, 6) is 0.816. The van der Waals surface area contributed by atoms with Crippen molar-refractivity contribution in [2.24, 2.45) is 0 Å². The average molecular weight is 484 g/mol. The number of hydrogen-bond donors (Lipinski definition) is 0. The predicted octanol–water partition coefficient (Wildman–Crippen LogP) is 7.17. The largest absolute Gasteiger partial charge is 0.264 e. The van der Waals surface area contributed by atoms with Crippen molar-refractivity contribution in [3.63, 3.8) is 0 Å². The van der Waals surface area contributed by atoms with E-state index in [2.05, 4.69) is 30.4 Å². The number of thioether (sulfide) groups is 1. The minimum atomic E-state index is -3.76. The molecule has 1 aliphatic rings. The van der Waals surface area contributed by atoms with Crippen LogP contribution in [-0.2, 0) is 22.3 Å². The highest BCUT2D eigenvalue weighted by atomic mass is 32.2. The molecule has 3 nitrogen and oxygen atoms in total. The molecule has 34 heavy (non-hydrogen) atoms. The van der Waals surface area contributed by atoms with Crippen LogP contribution in [0.15, 0.2) is 107 Å². The zero-order chi connectivity index (χ0) is 23.5. The lowest BCUT2D eigenvalue weighted by Crippen LogP contribution is -2.31. The highest BCUT2D eigenvalue weighted by molar-refractivity contribution is 7.98. The molecular formula is C29H25NO2S2. The van der Waals surface area contributed by atoms with Gasteiger partial charge < -0.3 is 0 Å². The summed E-state index contributed by atoms with van der Waals surface area (Å²) in [5, 5.41) is 0. The summed E-state index contributed by atoms with van der Waals surface area (Å²) < 4.78 is 29.2. The van der Waals surface area contributed by atoms with Crippen molar-refractivity contribution in [2.75, 3.05) is 4.31 Å². The van der Waals surface area contributed by atoms with E-state index in [1.807, 2.05) is 73.7 Å². The number of rotatable bonds is 4. The molecule has 5 heteroatoms. The smallest absolute Gasteiger partial charge is 0.262 e. The number of sulfonamides is 1. The number of aryl methyl sites for hydroxylation is 1. The molecule has 0 saturated carbocycles. The first kappa shape index (κ1) is 22.5. The van der Waals surface area contributed by atoms with Gasteiger partial charge in [0.15, 0.2) is 0 Å². The molecule has 0 atom stereocenters. The maximum absolute atomic E-state index is 13.9. The van der Waals surface area contributed by atoms with Crippen molar-refractivity contribution >= 4 is 39.6 Å². The molecule has 0 fully saturated rings. The Morgan fingerprint density at radius 3 is 2.32 bits per heavy atom. The molecule has 0 saturated heterocycles. The third kappa shape index (κ3) is 4.67. The van der Waals surface area contributed by atoms with E-state index in [4.69, 9.17) is 0 Å². The Hall–Kier alpha value is -3.28. The topological polar surface area (TPSA) is 37.4 Å². The Morgan fingerprint density at radius 2 is 1.53 bits per heavy atom. The van der Waals surface area contributed by atoms with E-state index in [1.54, 1.807) is 23.9 Å². The van der Waals surface area contributed by atoms with Crippen LogP contribution < -0.4 is 4.31 Å². The monoisotopic (exact) mass is 483 g/mol. The van der Waals surface area contributed by atoms with Gasteiger partial charge in [-0.3, -0.25) is 4.31 Å². The Balaban J connectivity index is 1.64. The van der Waals surface area contributed by atoms with Crippen molar-refractivity contribution in [3.8, 4) is 0 Å². The van der Waals surface area contributed by atoms with Gasteiger partial charge in [-0.15, -0.1) is 11.8 Å². The molecule has 4 aromatic carbocycles. The standard InChI is InChI=1S/C29H25NO2S2/c1-22-13-16-28(17-14-22)34(31,32)30-20-24-9-5-10-25(21-33-27-12-6-11-26(30)19-27)29(24)18-15-23-7-3-2-4-8-23/h2-19H,20-21H2,1H3/b18-15+. The van der Waals surface area contributed by atoms with Gasteiger partial charge in [0.1, 0.15) is 0 Å². The second-order valence-electron chi connectivity index (χ2n) is 8.34. The van der Waals surface area contributed by atoms with Crippen LogP contribution >= 0.6 is 11.8 Å². The third-order valence-corrected chi connectivity index (χ3v) is 8.78. The van der Waals surface area contributed by atoms with Crippen LogP contribution in [-0.4, -0.2) is 8.42 Å². The van der Waals surface area contributed by atoms with Crippen molar-refractivity contribution < 1.29 is 8.42 Å². The van der Waals surface area contributed by atoms with Crippen LogP contribution in [0, 0.1) is 6.92 Å². The lowest BCUT2D eigenvalue weighted by Gasteiger charge is -2.27. The van der Waals surface area contributed by atoms with E-state index in [9.17, 15) is 8.42 Å². The fraction of sp³-hybridized carbons (Fsp3) is 0.103. The van der Waals surface area contributed by atoms with Gasteiger partial charge in [-0.25, -0.2) is 8.42 Å². The van der Waals surface area contributed by atoms with Crippen LogP contribution in [0.2, 0.25) is 0 Å². The van der Waals surface area contributed by atoms with Gasteiger partial charge in [0, 0.05) is 10.6 Å². The third-order valence-electron chi connectivity index (χ3n) is 5.95. The van der Waals surface area contributed by atoms with Crippen molar-refractivity contribution in [3.05, 3.63) is 125 Å². The molecule has 4 aromatic rings. The van der Waals surface area contributed by atoms with Crippen LogP contribution in [0.25, 0.3) is 12.2 Å². The first-order chi connectivity index (χ1) is 16.5. The quantitative estimate of drug-likeness (QED) is 0.289. The molecule has 0 unspecified atom stereocenters. The first-order valence-electron chi connectivity index (χ1n) is 11.2. The summed E-state index contributed by atoms with van der Waals surface area (Å²) >= 11 is 1.72. The molecule has 0 spiro atoms. The fourth-order valence-corrected chi connectivity index (χ4v) is 6.47. The zero-order valence-corrected chi connectivity index (χ0v) is 20.5. The SMILES string of the molecule is Cc1ccc(S(=O)(=O)N2Cc3cccc(c3/C=C/c3ccccc3)CSc3cccc2c3)cc1. The lowest BCUT2D eigenvalue weighted by molar-refractivity contribution is 0.590. The van der Waals surface area contributed by atoms with Crippen LogP contribution in [0.4, 0.5) is 5.69 Å². The molecule has 0 aliphatic carbocycles. The normalized spacial score (nSPS) is 13.7. The molecule has 5 rings (SSSR count).